The number of piperidine rings is 1. The number of aliphatic imine (C=N–C) groups is 1. The van der Waals surface area contributed by atoms with Crippen molar-refractivity contribution in [3.8, 4) is 0 Å². The van der Waals surface area contributed by atoms with E-state index in [0.717, 1.165) is 17.5 Å². The van der Waals surface area contributed by atoms with Crippen LogP contribution in [0.5, 0.6) is 0 Å². The Bertz CT molecular complexity index is 463. The van der Waals surface area contributed by atoms with Crippen LogP contribution in [0.1, 0.15) is 42.5 Å². The molecule has 1 saturated heterocycles. The zero-order valence-corrected chi connectivity index (χ0v) is 14.9. The Morgan fingerprint density at radius 2 is 2.23 bits per heavy atom. The zero-order valence-electron chi connectivity index (χ0n) is 14.1. The van der Waals surface area contributed by atoms with Crippen molar-refractivity contribution in [1.82, 2.24) is 20.5 Å². The largest absolute Gasteiger partial charge is 0.354 e. The molecule has 1 aromatic rings. The maximum absolute atomic E-state index is 4.37. The Morgan fingerprint density at radius 3 is 2.82 bits per heavy atom. The molecule has 0 aromatic carbocycles. The highest BCUT2D eigenvalue weighted by atomic mass is 32.1. The van der Waals surface area contributed by atoms with E-state index in [4.69, 9.17) is 0 Å². The minimum atomic E-state index is 0.530. The van der Waals surface area contributed by atoms with Crippen LogP contribution in [0.3, 0.4) is 0 Å². The highest BCUT2D eigenvalue weighted by molar-refractivity contribution is 7.11. The molecule has 1 aromatic heterocycles. The first-order valence-electron chi connectivity index (χ1n) is 8.32. The molecule has 2 N–H and O–H groups in total. The number of likely N-dealkylation sites (tertiary alicyclic amines) is 1. The van der Waals surface area contributed by atoms with Gasteiger partial charge in [-0.1, -0.05) is 13.3 Å². The molecule has 0 spiro atoms. The first-order chi connectivity index (χ1) is 10.7. The lowest BCUT2D eigenvalue weighted by atomic mass is 10.0. The second-order valence-corrected chi connectivity index (χ2v) is 7.22. The van der Waals surface area contributed by atoms with Crippen LogP contribution in [-0.4, -0.2) is 48.6 Å². The summed E-state index contributed by atoms with van der Waals surface area (Å²) in [6.45, 7) is 8.72. The Morgan fingerprint density at radius 1 is 1.45 bits per heavy atom. The summed E-state index contributed by atoms with van der Waals surface area (Å²) in [4.78, 5) is 12.5. The molecule has 1 aliphatic heterocycles. The molecule has 124 valence electrons. The van der Waals surface area contributed by atoms with Crippen molar-refractivity contribution in [2.24, 2.45) is 4.99 Å². The fraction of sp³-hybridized carbons (Fsp3) is 0.750. The number of thiazole rings is 1. The van der Waals surface area contributed by atoms with Gasteiger partial charge in [-0.3, -0.25) is 4.99 Å². The van der Waals surface area contributed by atoms with Crippen LogP contribution in [0.4, 0.5) is 0 Å². The van der Waals surface area contributed by atoms with Gasteiger partial charge in [-0.2, -0.15) is 0 Å². The SMILES string of the molecule is CCCCN1CCC(NC(=NC)NCc2ncc(C)s2)CC1. The van der Waals surface area contributed by atoms with Crippen LogP contribution in [-0.2, 0) is 6.54 Å². The third-order valence-corrected chi connectivity index (χ3v) is 4.97. The number of hydrogen-bond acceptors (Lipinski definition) is 4. The predicted molar refractivity (Wildman–Crippen MR) is 94.6 cm³/mol. The number of guanidine groups is 1. The molecule has 6 heteroatoms. The van der Waals surface area contributed by atoms with Crippen LogP contribution in [0, 0.1) is 6.92 Å². The lowest BCUT2D eigenvalue weighted by Crippen LogP contribution is -2.48. The van der Waals surface area contributed by atoms with Crippen molar-refractivity contribution in [3.05, 3.63) is 16.1 Å². The summed E-state index contributed by atoms with van der Waals surface area (Å²) >= 11 is 1.73. The van der Waals surface area contributed by atoms with Gasteiger partial charge in [-0.15, -0.1) is 11.3 Å². The molecule has 0 saturated carbocycles. The Balaban J connectivity index is 1.70. The van der Waals surface area contributed by atoms with E-state index in [0.29, 0.717) is 6.04 Å². The van der Waals surface area contributed by atoms with E-state index in [9.17, 15) is 0 Å². The third-order valence-electron chi connectivity index (χ3n) is 4.06. The number of aryl methyl sites for hydroxylation is 1. The first kappa shape index (κ1) is 17.2. The minimum Gasteiger partial charge on any atom is -0.354 e. The van der Waals surface area contributed by atoms with Gasteiger partial charge in [0.05, 0.1) is 6.54 Å². The molecule has 1 fully saturated rings. The fourth-order valence-electron chi connectivity index (χ4n) is 2.71. The van der Waals surface area contributed by atoms with E-state index in [1.165, 1.54) is 50.2 Å². The van der Waals surface area contributed by atoms with Crippen LogP contribution in [0.15, 0.2) is 11.2 Å². The summed E-state index contributed by atoms with van der Waals surface area (Å²) in [6.07, 6.45) is 6.91. The van der Waals surface area contributed by atoms with Gasteiger partial charge >= 0.3 is 0 Å². The molecule has 5 nitrogen and oxygen atoms in total. The molecule has 22 heavy (non-hydrogen) atoms. The van der Waals surface area contributed by atoms with Crippen molar-refractivity contribution < 1.29 is 0 Å². The van der Waals surface area contributed by atoms with E-state index in [1.54, 1.807) is 11.3 Å². The Kier molecular flexibility index (Phi) is 7.12. The smallest absolute Gasteiger partial charge is 0.191 e. The van der Waals surface area contributed by atoms with Crippen molar-refractivity contribution in [2.45, 2.75) is 52.1 Å². The highest BCUT2D eigenvalue weighted by Gasteiger charge is 2.19. The van der Waals surface area contributed by atoms with Gasteiger partial charge in [0, 0.05) is 37.3 Å². The topological polar surface area (TPSA) is 52.5 Å². The first-order valence-corrected chi connectivity index (χ1v) is 9.13. The second-order valence-electron chi connectivity index (χ2n) is 5.90. The van der Waals surface area contributed by atoms with E-state index >= 15 is 0 Å². The maximum atomic E-state index is 4.37. The van der Waals surface area contributed by atoms with Crippen molar-refractivity contribution in [2.75, 3.05) is 26.7 Å². The fourth-order valence-corrected chi connectivity index (χ4v) is 3.44. The highest BCUT2D eigenvalue weighted by Crippen LogP contribution is 2.12. The zero-order chi connectivity index (χ0) is 15.8. The number of aromatic nitrogens is 1. The second kappa shape index (κ2) is 9.10. The number of rotatable bonds is 6. The minimum absolute atomic E-state index is 0.530. The lowest BCUT2D eigenvalue weighted by molar-refractivity contribution is 0.203. The molecule has 0 aliphatic carbocycles. The number of hydrogen-bond donors (Lipinski definition) is 2. The van der Waals surface area contributed by atoms with Crippen molar-refractivity contribution >= 4 is 17.3 Å². The molecule has 0 bridgehead atoms. The summed E-state index contributed by atoms with van der Waals surface area (Å²) in [6, 6.07) is 0.530. The molecular weight excluding hydrogens is 294 g/mol. The van der Waals surface area contributed by atoms with Gasteiger partial charge in [-0.05, 0) is 32.7 Å². The average molecular weight is 324 g/mol. The molecule has 0 amide bonds. The summed E-state index contributed by atoms with van der Waals surface area (Å²) in [7, 11) is 1.83. The van der Waals surface area contributed by atoms with Gasteiger partial charge in [-0.25, -0.2) is 4.98 Å². The van der Waals surface area contributed by atoms with Crippen molar-refractivity contribution in [1.29, 1.82) is 0 Å². The monoisotopic (exact) mass is 323 g/mol. The van der Waals surface area contributed by atoms with E-state index in [1.807, 2.05) is 13.2 Å². The normalized spacial score (nSPS) is 17.7. The summed E-state index contributed by atoms with van der Waals surface area (Å²) < 4.78 is 0. The number of nitrogens with zero attached hydrogens (tertiary/aromatic N) is 3. The Hall–Kier alpha value is -1.14. The average Bonchev–Trinajstić information content (AvgIpc) is 2.96. The molecular formula is C16H29N5S. The van der Waals surface area contributed by atoms with Crippen LogP contribution in [0.2, 0.25) is 0 Å². The summed E-state index contributed by atoms with van der Waals surface area (Å²) in [5.74, 6) is 0.889. The van der Waals surface area contributed by atoms with Crippen molar-refractivity contribution in [3.63, 3.8) is 0 Å². The molecule has 2 rings (SSSR count). The molecule has 0 radical (unpaired) electrons. The number of nitrogens with one attached hydrogen (secondary N) is 2. The van der Waals surface area contributed by atoms with Gasteiger partial charge in [0.25, 0.3) is 0 Å². The standard InChI is InChI=1S/C16H29N5S/c1-4-5-8-21-9-6-14(7-10-21)20-16(17-3)19-12-15-18-11-13(2)22-15/h11,14H,4-10,12H2,1-3H3,(H2,17,19,20). The lowest BCUT2D eigenvalue weighted by Gasteiger charge is -2.33. The number of unbranched alkanes of at least 4 members (excludes halogenated alkanes) is 1. The Labute approximate surface area is 138 Å². The van der Waals surface area contributed by atoms with E-state index in [2.05, 4.69) is 39.4 Å². The molecule has 2 heterocycles. The third kappa shape index (κ3) is 5.57. The van der Waals surface area contributed by atoms with Gasteiger partial charge in [0.1, 0.15) is 5.01 Å². The van der Waals surface area contributed by atoms with Crippen LogP contribution < -0.4 is 10.6 Å². The maximum Gasteiger partial charge on any atom is 0.191 e. The van der Waals surface area contributed by atoms with Gasteiger partial charge in [0.2, 0.25) is 0 Å². The molecule has 1 aliphatic rings. The van der Waals surface area contributed by atoms with Gasteiger partial charge < -0.3 is 15.5 Å². The summed E-state index contributed by atoms with van der Waals surface area (Å²) in [5, 5.41) is 8.02. The van der Waals surface area contributed by atoms with E-state index in [-0.39, 0.29) is 0 Å². The predicted octanol–water partition coefficient (Wildman–Crippen LogP) is 2.38. The van der Waals surface area contributed by atoms with Gasteiger partial charge in [0.15, 0.2) is 5.96 Å². The molecule has 0 unspecified atom stereocenters. The molecule has 0 atom stereocenters. The summed E-state index contributed by atoms with van der Waals surface area (Å²) in [5.41, 5.74) is 0. The van der Waals surface area contributed by atoms with Crippen LogP contribution >= 0.6 is 11.3 Å². The van der Waals surface area contributed by atoms with E-state index < -0.39 is 0 Å². The quantitative estimate of drug-likeness (QED) is 0.623. The van der Waals surface area contributed by atoms with Crippen LogP contribution in [0.25, 0.3) is 0 Å².